The summed E-state index contributed by atoms with van der Waals surface area (Å²) in [7, 11) is 0. The highest BCUT2D eigenvalue weighted by atomic mass is 19.1. The van der Waals surface area contributed by atoms with Crippen molar-refractivity contribution in [3.63, 3.8) is 0 Å². The predicted molar refractivity (Wildman–Crippen MR) is 103 cm³/mol. The number of nitrogens with zero attached hydrogens (tertiary/aromatic N) is 2. The molecule has 1 saturated heterocycles. The highest BCUT2D eigenvalue weighted by Gasteiger charge is 2.32. The van der Waals surface area contributed by atoms with E-state index in [0.717, 1.165) is 6.54 Å². The maximum Gasteiger partial charge on any atom is 0.255 e. The van der Waals surface area contributed by atoms with Gasteiger partial charge in [0, 0.05) is 37.5 Å². The molecule has 2 unspecified atom stereocenters. The van der Waals surface area contributed by atoms with Crippen LogP contribution < -0.4 is 16.6 Å². The van der Waals surface area contributed by atoms with Crippen molar-refractivity contribution in [3.8, 4) is 5.69 Å². The molecule has 6 nitrogen and oxygen atoms in total. The molecule has 1 aliphatic heterocycles. The van der Waals surface area contributed by atoms with Crippen LogP contribution in [0, 0.1) is 17.7 Å². The van der Waals surface area contributed by atoms with E-state index < -0.39 is 5.82 Å². The summed E-state index contributed by atoms with van der Waals surface area (Å²) >= 11 is 0. The summed E-state index contributed by atoms with van der Waals surface area (Å²) in [4.78, 5) is 26.1. The molecule has 7 heteroatoms. The molecule has 27 heavy (non-hydrogen) atoms. The third kappa shape index (κ3) is 4.43. The lowest BCUT2D eigenvalue weighted by Crippen LogP contribution is -2.34. The zero-order valence-corrected chi connectivity index (χ0v) is 15.6. The highest BCUT2D eigenvalue weighted by Crippen LogP contribution is 2.23. The van der Waals surface area contributed by atoms with Gasteiger partial charge in [0.25, 0.3) is 5.56 Å². The second kappa shape index (κ2) is 8.02. The number of amides is 1. The van der Waals surface area contributed by atoms with Gasteiger partial charge in [-0.15, -0.1) is 0 Å². The molecule has 1 aliphatic rings. The SMILES string of the molecule is CC(C)C1CN(CC(=O)Nc2ccc(-n3ccccc3=O)cc2F)CC1N. The van der Waals surface area contributed by atoms with Gasteiger partial charge in [0.15, 0.2) is 0 Å². The van der Waals surface area contributed by atoms with E-state index in [1.807, 2.05) is 4.90 Å². The molecule has 1 fully saturated rings. The number of likely N-dealkylation sites (tertiary alicyclic amines) is 1. The summed E-state index contributed by atoms with van der Waals surface area (Å²) in [5.41, 5.74) is 6.39. The van der Waals surface area contributed by atoms with Crippen LogP contribution in [0.3, 0.4) is 0 Å². The summed E-state index contributed by atoms with van der Waals surface area (Å²) in [6.07, 6.45) is 1.57. The maximum atomic E-state index is 14.4. The molecule has 0 aliphatic carbocycles. The van der Waals surface area contributed by atoms with Crippen molar-refractivity contribution in [1.82, 2.24) is 9.47 Å². The molecule has 1 amide bonds. The molecule has 0 spiro atoms. The van der Waals surface area contributed by atoms with Crippen LogP contribution in [0.5, 0.6) is 0 Å². The summed E-state index contributed by atoms with van der Waals surface area (Å²) in [6, 6.07) is 9.07. The molecular weight excluding hydrogens is 347 g/mol. The number of nitrogens with two attached hydrogens (primary N) is 1. The van der Waals surface area contributed by atoms with Crippen LogP contribution in [0.4, 0.5) is 10.1 Å². The van der Waals surface area contributed by atoms with Crippen LogP contribution in [0.1, 0.15) is 13.8 Å². The zero-order chi connectivity index (χ0) is 19.6. The van der Waals surface area contributed by atoms with E-state index in [0.29, 0.717) is 24.1 Å². The second-order valence-electron chi connectivity index (χ2n) is 7.39. The van der Waals surface area contributed by atoms with Gasteiger partial charge < -0.3 is 11.1 Å². The van der Waals surface area contributed by atoms with Crippen molar-refractivity contribution in [2.24, 2.45) is 17.6 Å². The smallest absolute Gasteiger partial charge is 0.255 e. The quantitative estimate of drug-likeness (QED) is 0.839. The van der Waals surface area contributed by atoms with Gasteiger partial charge in [-0.05, 0) is 30.0 Å². The van der Waals surface area contributed by atoms with Gasteiger partial charge in [0.1, 0.15) is 5.82 Å². The first-order chi connectivity index (χ1) is 12.8. The average Bonchev–Trinajstić information content (AvgIpc) is 2.97. The fourth-order valence-corrected chi connectivity index (χ4v) is 3.56. The molecule has 3 N–H and O–H groups in total. The molecule has 0 radical (unpaired) electrons. The standard InChI is InChI=1S/C20H25FN4O2/c1-13(2)15-10-24(11-17(15)22)12-19(26)23-18-7-6-14(9-16(18)21)25-8-4-3-5-20(25)27/h3-9,13,15,17H,10-12,22H2,1-2H3,(H,23,26). The van der Waals surface area contributed by atoms with E-state index in [1.54, 1.807) is 24.4 Å². The Morgan fingerprint density at radius 1 is 1.30 bits per heavy atom. The summed E-state index contributed by atoms with van der Waals surface area (Å²) in [6.45, 7) is 5.86. The van der Waals surface area contributed by atoms with Crippen LogP contribution >= 0.6 is 0 Å². The minimum absolute atomic E-state index is 0.0537. The molecule has 144 valence electrons. The molecule has 0 saturated carbocycles. The Balaban J connectivity index is 1.65. The minimum Gasteiger partial charge on any atom is -0.326 e. The van der Waals surface area contributed by atoms with Crippen molar-refractivity contribution in [1.29, 1.82) is 0 Å². The monoisotopic (exact) mass is 372 g/mol. The van der Waals surface area contributed by atoms with Crippen molar-refractivity contribution in [3.05, 3.63) is 58.8 Å². The van der Waals surface area contributed by atoms with Crippen LogP contribution in [0.25, 0.3) is 5.69 Å². The molecule has 2 heterocycles. The molecule has 2 aromatic rings. The second-order valence-corrected chi connectivity index (χ2v) is 7.39. The number of rotatable bonds is 5. The van der Waals surface area contributed by atoms with E-state index in [2.05, 4.69) is 19.2 Å². The van der Waals surface area contributed by atoms with Crippen LogP contribution in [0.15, 0.2) is 47.4 Å². The number of pyridine rings is 1. The number of carbonyl (C=O) groups excluding carboxylic acids is 1. The fraction of sp³-hybridized carbons (Fsp3) is 0.400. The summed E-state index contributed by atoms with van der Waals surface area (Å²) in [5, 5.41) is 2.61. The fourth-order valence-electron chi connectivity index (χ4n) is 3.56. The van der Waals surface area contributed by atoms with Gasteiger partial charge in [-0.3, -0.25) is 19.1 Å². The topological polar surface area (TPSA) is 80.4 Å². The number of nitrogens with one attached hydrogen (secondary N) is 1. The van der Waals surface area contributed by atoms with Crippen LogP contribution in [-0.2, 0) is 4.79 Å². The molecule has 0 bridgehead atoms. The van der Waals surface area contributed by atoms with Gasteiger partial charge >= 0.3 is 0 Å². The predicted octanol–water partition coefficient (Wildman–Crippen LogP) is 1.83. The Hall–Kier alpha value is -2.51. The van der Waals surface area contributed by atoms with Crippen molar-refractivity contribution in [2.45, 2.75) is 19.9 Å². The normalized spacial score (nSPS) is 20.2. The Morgan fingerprint density at radius 2 is 2.07 bits per heavy atom. The Kier molecular flexibility index (Phi) is 5.72. The summed E-state index contributed by atoms with van der Waals surface area (Å²) in [5.74, 6) is -0.0534. The highest BCUT2D eigenvalue weighted by molar-refractivity contribution is 5.92. The van der Waals surface area contributed by atoms with E-state index in [1.165, 1.54) is 22.8 Å². The third-order valence-electron chi connectivity index (χ3n) is 5.04. The van der Waals surface area contributed by atoms with E-state index in [9.17, 15) is 14.0 Å². The largest absolute Gasteiger partial charge is 0.326 e. The van der Waals surface area contributed by atoms with Gasteiger partial charge in [-0.1, -0.05) is 19.9 Å². The van der Waals surface area contributed by atoms with Crippen molar-refractivity contribution in [2.75, 3.05) is 25.0 Å². The number of anilines is 1. The van der Waals surface area contributed by atoms with Gasteiger partial charge in [0.2, 0.25) is 5.91 Å². The molecular formula is C20H25FN4O2. The summed E-state index contributed by atoms with van der Waals surface area (Å²) < 4.78 is 15.7. The van der Waals surface area contributed by atoms with Crippen molar-refractivity contribution >= 4 is 11.6 Å². The lowest BCUT2D eigenvalue weighted by atomic mass is 9.92. The van der Waals surface area contributed by atoms with Gasteiger partial charge in [-0.25, -0.2) is 4.39 Å². The third-order valence-corrected chi connectivity index (χ3v) is 5.04. The van der Waals surface area contributed by atoms with Crippen LogP contribution in [-0.4, -0.2) is 41.1 Å². The van der Waals surface area contributed by atoms with Crippen molar-refractivity contribution < 1.29 is 9.18 Å². The average molecular weight is 372 g/mol. The minimum atomic E-state index is -0.588. The molecule has 1 aromatic carbocycles. The Bertz CT molecular complexity index is 880. The zero-order valence-electron chi connectivity index (χ0n) is 15.6. The number of carbonyl (C=O) groups is 1. The first kappa shape index (κ1) is 19.3. The van der Waals surface area contributed by atoms with E-state index in [4.69, 9.17) is 5.73 Å². The Labute approximate surface area is 157 Å². The first-order valence-corrected chi connectivity index (χ1v) is 9.10. The number of benzene rings is 1. The van der Waals surface area contributed by atoms with E-state index >= 15 is 0 Å². The molecule has 2 atom stereocenters. The number of hydrogen-bond donors (Lipinski definition) is 2. The maximum absolute atomic E-state index is 14.4. The lowest BCUT2D eigenvalue weighted by molar-refractivity contribution is -0.117. The van der Waals surface area contributed by atoms with E-state index in [-0.39, 0.29) is 29.7 Å². The molecule has 1 aromatic heterocycles. The van der Waals surface area contributed by atoms with Crippen LogP contribution in [0.2, 0.25) is 0 Å². The number of aromatic nitrogens is 1. The number of halogens is 1. The molecule has 3 rings (SSSR count). The Morgan fingerprint density at radius 3 is 2.70 bits per heavy atom. The van der Waals surface area contributed by atoms with Gasteiger partial charge in [-0.2, -0.15) is 0 Å². The first-order valence-electron chi connectivity index (χ1n) is 9.10. The van der Waals surface area contributed by atoms with Gasteiger partial charge in [0.05, 0.1) is 17.9 Å². The number of hydrogen-bond acceptors (Lipinski definition) is 4. The lowest BCUT2D eigenvalue weighted by Gasteiger charge is -2.18.